The summed E-state index contributed by atoms with van der Waals surface area (Å²) in [4.78, 5) is 10.1. The molecule has 0 radical (unpaired) electrons. The van der Waals surface area contributed by atoms with Crippen LogP contribution < -0.4 is 4.90 Å². The van der Waals surface area contributed by atoms with E-state index in [0.29, 0.717) is 5.56 Å². The Kier molecular flexibility index (Phi) is 3.11. The third-order valence-corrected chi connectivity index (χ3v) is 3.43. The molecule has 0 unspecified atom stereocenters. The molecule has 1 atom stereocenters. The molecule has 0 amide bonds. The molecule has 0 N–H and O–H groups in total. The summed E-state index contributed by atoms with van der Waals surface area (Å²) in [6.45, 7) is 0.789. The van der Waals surface area contributed by atoms with Crippen molar-refractivity contribution >= 4 is 5.82 Å². The molecular formula is C14H13F2N3. The molecule has 0 spiro atoms. The summed E-state index contributed by atoms with van der Waals surface area (Å²) in [5.41, 5.74) is 0.399. The maximum Gasteiger partial charge on any atom is 0.132 e. The Bertz CT molecular complexity index is 574. The van der Waals surface area contributed by atoms with E-state index < -0.39 is 5.82 Å². The molecule has 0 saturated carbocycles. The maximum absolute atomic E-state index is 13.9. The highest BCUT2D eigenvalue weighted by atomic mass is 19.1. The van der Waals surface area contributed by atoms with Gasteiger partial charge in [0.25, 0.3) is 0 Å². The van der Waals surface area contributed by atoms with Crippen molar-refractivity contribution in [1.82, 2.24) is 9.97 Å². The Morgan fingerprint density at radius 2 is 2.11 bits per heavy atom. The lowest BCUT2D eigenvalue weighted by atomic mass is 10.0. The predicted molar refractivity (Wildman–Crippen MR) is 67.7 cm³/mol. The first kappa shape index (κ1) is 12.0. The number of hydrogen-bond acceptors (Lipinski definition) is 3. The summed E-state index contributed by atoms with van der Waals surface area (Å²) in [7, 11) is 0. The molecule has 3 rings (SSSR count). The Balaban J connectivity index is 1.97. The van der Waals surface area contributed by atoms with Gasteiger partial charge in [-0.3, -0.25) is 0 Å². The third-order valence-electron chi connectivity index (χ3n) is 3.43. The Morgan fingerprint density at radius 1 is 1.21 bits per heavy atom. The summed E-state index contributed by atoms with van der Waals surface area (Å²) < 4.78 is 27.2. The summed E-state index contributed by atoms with van der Waals surface area (Å²) >= 11 is 0. The van der Waals surface area contributed by atoms with Gasteiger partial charge in [-0.1, -0.05) is 0 Å². The molecule has 98 valence electrons. The van der Waals surface area contributed by atoms with E-state index in [9.17, 15) is 8.78 Å². The van der Waals surface area contributed by atoms with Crippen LogP contribution in [0.3, 0.4) is 0 Å². The van der Waals surface area contributed by atoms with Gasteiger partial charge in [-0.2, -0.15) is 0 Å². The molecule has 1 fully saturated rings. The fourth-order valence-electron chi connectivity index (χ4n) is 2.59. The minimum atomic E-state index is -0.411. The molecule has 3 nitrogen and oxygen atoms in total. The molecule has 0 bridgehead atoms. The molecule has 19 heavy (non-hydrogen) atoms. The van der Waals surface area contributed by atoms with Crippen molar-refractivity contribution in [3.8, 4) is 0 Å². The van der Waals surface area contributed by atoms with Gasteiger partial charge in [-0.15, -0.1) is 0 Å². The SMILES string of the molecule is Fc1ccc(F)c([C@H]2CCCN2c2ccncn2)c1. The minimum absolute atomic E-state index is 0.161. The van der Waals surface area contributed by atoms with E-state index in [1.165, 1.54) is 18.5 Å². The molecule has 5 heteroatoms. The number of benzene rings is 1. The lowest BCUT2D eigenvalue weighted by Crippen LogP contribution is -2.24. The first-order valence-corrected chi connectivity index (χ1v) is 6.23. The molecule has 1 aromatic heterocycles. The highest BCUT2D eigenvalue weighted by Gasteiger charge is 2.29. The Labute approximate surface area is 109 Å². The van der Waals surface area contributed by atoms with Gasteiger partial charge in [0.2, 0.25) is 0 Å². The minimum Gasteiger partial charge on any atom is -0.349 e. The van der Waals surface area contributed by atoms with Crippen LogP contribution >= 0.6 is 0 Å². The Hall–Kier alpha value is -2.04. The maximum atomic E-state index is 13.9. The van der Waals surface area contributed by atoms with E-state index in [4.69, 9.17) is 0 Å². The average molecular weight is 261 g/mol. The molecule has 0 aliphatic carbocycles. The fraction of sp³-hybridized carbons (Fsp3) is 0.286. The topological polar surface area (TPSA) is 29.0 Å². The van der Waals surface area contributed by atoms with E-state index in [1.54, 1.807) is 12.3 Å². The van der Waals surface area contributed by atoms with Crippen molar-refractivity contribution in [2.45, 2.75) is 18.9 Å². The van der Waals surface area contributed by atoms with Crippen LogP contribution in [0.5, 0.6) is 0 Å². The van der Waals surface area contributed by atoms with Crippen molar-refractivity contribution in [2.24, 2.45) is 0 Å². The summed E-state index contributed by atoms with van der Waals surface area (Å²) in [6.07, 6.45) is 4.85. The number of halogens is 2. The van der Waals surface area contributed by atoms with Gasteiger partial charge >= 0.3 is 0 Å². The molecule has 2 aromatic rings. The lowest BCUT2D eigenvalue weighted by molar-refractivity contribution is 0.560. The standard InChI is InChI=1S/C14H13F2N3/c15-10-3-4-12(16)11(8-10)13-2-1-7-19(13)14-5-6-17-9-18-14/h3-6,8-9,13H,1-2,7H2/t13-/m1/s1. The van der Waals surface area contributed by atoms with Crippen molar-refractivity contribution in [2.75, 3.05) is 11.4 Å². The summed E-state index contributed by atoms with van der Waals surface area (Å²) in [6, 6.07) is 5.23. The van der Waals surface area contributed by atoms with E-state index in [-0.39, 0.29) is 11.9 Å². The van der Waals surface area contributed by atoms with Gasteiger partial charge in [0.05, 0.1) is 6.04 Å². The van der Waals surface area contributed by atoms with E-state index in [1.807, 2.05) is 4.90 Å². The largest absolute Gasteiger partial charge is 0.349 e. The fourth-order valence-corrected chi connectivity index (χ4v) is 2.59. The van der Waals surface area contributed by atoms with Crippen LogP contribution in [0.25, 0.3) is 0 Å². The first-order chi connectivity index (χ1) is 9.25. The predicted octanol–water partition coefficient (Wildman–Crippen LogP) is 3.10. The van der Waals surface area contributed by atoms with Crippen LogP contribution in [0.1, 0.15) is 24.4 Å². The van der Waals surface area contributed by atoms with Crippen LogP contribution in [0.4, 0.5) is 14.6 Å². The monoisotopic (exact) mass is 261 g/mol. The number of hydrogen-bond donors (Lipinski definition) is 0. The van der Waals surface area contributed by atoms with Crippen LogP contribution in [0.2, 0.25) is 0 Å². The third kappa shape index (κ3) is 2.28. The molecule has 1 aliphatic heterocycles. The van der Waals surface area contributed by atoms with Crippen LogP contribution in [0, 0.1) is 11.6 Å². The highest BCUT2D eigenvalue weighted by molar-refractivity contribution is 5.43. The van der Waals surface area contributed by atoms with Crippen molar-refractivity contribution in [1.29, 1.82) is 0 Å². The van der Waals surface area contributed by atoms with Crippen LogP contribution in [-0.2, 0) is 0 Å². The number of nitrogens with zero attached hydrogens (tertiary/aromatic N) is 3. The zero-order chi connectivity index (χ0) is 13.2. The second kappa shape index (κ2) is 4.91. The van der Waals surface area contributed by atoms with Crippen molar-refractivity contribution in [3.05, 3.63) is 54.0 Å². The van der Waals surface area contributed by atoms with E-state index in [2.05, 4.69) is 9.97 Å². The molecule has 1 saturated heterocycles. The second-order valence-electron chi connectivity index (χ2n) is 4.58. The van der Waals surface area contributed by atoms with Gasteiger partial charge in [0.1, 0.15) is 23.8 Å². The van der Waals surface area contributed by atoms with E-state index in [0.717, 1.165) is 31.3 Å². The van der Waals surface area contributed by atoms with Crippen LogP contribution in [0.15, 0.2) is 36.8 Å². The summed E-state index contributed by atoms with van der Waals surface area (Å²) in [5, 5.41) is 0. The van der Waals surface area contributed by atoms with Gasteiger partial charge < -0.3 is 4.90 Å². The average Bonchev–Trinajstić information content (AvgIpc) is 2.91. The number of aromatic nitrogens is 2. The van der Waals surface area contributed by atoms with E-state index >= 15 is 0 Å². The van der Waals surface area contributed by atoms with Gasteiger partial charge in [0.15, 0.2) is 0 Å². The molecule has 1 aliphatic rings. The van der Waals surface area contributed by atoms with Crippen LogP contribution in [-0.4, -0.2) is 16.5 Å². The van der Waals surface area contributed by atoms with Crippen molar-refractivity contribution in [3.63, 3.8) is 0 Å². The number of rotatable bonds is 2. The first-order valence-electron chi connectivity index (χ1n) is 6.23. The van der Waals surface area contributed by atoms with Gasteiger partial charge in [-0.25, -0.2) is 18.7 Å². The van der Waals surface area contributed by atoms with Crippen molar-refractivity contribution < 1.29 is 8.78 Å². The highest BCUT2D eigenvalue weighted by Crippen LogP contribution is 2.36. The smallest absolute Gasteiger partial charge is 0.132 e. The molecule has 2 heterocycles. The Morgan fingerprint density at radius 3 is 2.89 bits per heavy atom. The zero-order valence-corrected chi connectivity index (χ0v) is 10.3. The zero-order valence-electron chi connectivity index (χ0n) is 10.3. The van der Waals surface area contributed by atoms with Gasteiger partial charge in [0, 0.05) is 18.3 Å². The molecular weight excluding hydrogens is 248 g/mol. The number of anilines is 1. The quantitative estimate of drug-likeness (QED) is 0.831. The normalized spacial score (nSPS) is 18.8. The second-order valence-corrected chi connectivity index (χ2v) is 4.58. The summed E-state index contributed by atoms with van der Waals surface area (Å²) in [5.74, 6) is -0.0283. The van der Waals surface area contributed by atoms with Gasteiger partial charge in [-0.05, 0) is 37.1 Å². The lowest BCUT2D eigenvalue weighted by Gasteiger charge is -2.26. The molecule has 1 aromatic carbocycles.